The zero-order valence-corrected chi connectivity index (χ0v) is 14.3. The van der Waals surface area contributed by atoms with Crippen molar-refractivity contribution in [2.45, 2.75) is 33.6 Å². The molecule has 0 unspecified atom stereocenters. The number of carbonyl (C=O) groups is 2. The number of pyridine rings is 1. The molecule has 0 spiro atoms. The summed E-state index contributed by atoms with van der Waals surface area (Å²) in [6.45, 7) is 6.57. The Morgan fingerprint density at radius 3 is 2.46 bits per heavy atom. The van der Waals surface area contributed by atoms with Crippen molar-refractivity contribution in [3.05, 3.63) is 58.9 Å². The van der Waals surface area contributed by atoms with E-state index >= 15 is 0 Å². The molecule has 2 aromatic rings. The van der Waals surface area contributed by atoms with Crippen LogP contribution in [0.1, 0.15) is 51.7 Å². The monoisotopic (exact) mass is 325 g/mol. The lowest BCUT2D eigenvalue weighted by Crippen LogP contribution is -2.25. The van der Waals surface area contributed by atoms with Gasteiger partial charge in [0.15, 0.2) is 0 Å². The number of benzene rings is 1. The zero-order valence-electron chi connectivity index (χ0n) is 14.3. The normalized spacial score (nSPS) is 10.3. The number of hydrogen-bond donors (Lipinski definition) is 2. The average molecular weight is 325 g/mol. The molecule has 0 atom stereocenters. The van der Waals surface area contributed by atoms with Crippen LogP contribution in [0.2, 0.25) is 0 Å². The van der Waals surface area contributed by atoms with Crippen LogP contribution in [0, 0.1) is 13.8 Å². The fraction of sp³-hybridized carbons (Fsp3) is 0.316. The number of nitrogens with zero attached hydrogens (tertiary/aromatic N) is 1. The van der Waals surface area contributed by atoms with Gasteiger partial charge >= 0.3 is 0 Å². The lowest BCUT2D eigenvalue weighted by Gasteiger charge is -2.11. The minimum atomic E-state index is -0.324. The second-order valence-electron chi connectivity index (χ2n) is 5.76. The van der Waals surface area contributed by atoms with Gasteiger partial charge in [-0.25, -0.2) is 0 Å². The predicted octanol–water partition coefficient (Wildman–Crippen LogP) is 3.48. The molecule has 1 aromatic carbocycles. The molecule has 2 rings (SSSR count). The molecule has 126 valence electrons. The number of nitrogens with one attached hydrogen (secondary N) is 2. The minimum Gasteiger partial charge on any atom is -0.352 e. The van der Waals surface area contributed by atoms with Gasteiger partial charge in [-0.05, 0) is 43.5 Å². The summed E-state index contributed by atoms with van der Waals surface area (Å²) >= 11 is 0. The molecule has 0 bridgehead atoms. The predicted molar refractivity (Wildman–Crippen MR) is 95.3 cm³/mol. The Balaban J connectivity index is 2.13. The van der Waals surface area contributed by atoms with Crippen LogP contribution < -0.4 is 10.6 Å². The summed E-state index contributed by atoms with van der Waals surface area (Å²) in [5, 5.41) is 5.72. The third-order valence-corrected chi connectivity index (χ3v) is 3.79. The number of para-hydroxylation sites is 1. The number of hydrogen-bond acceptors (Lipinski definition) is 3. The van der Waals surface area contributed by atoms with Crippen molar-refractivity contribution in [2.24, 2.45) is 0 Å². The summed E-state index contributed by atoms with van der Waals surface area (Å²) in [4.78, 5) is 28.6. The van der Waals surface area contributed by atoms with Gasteiger partial charge in [-0.2, -0.15) is 0 Å². The zero-order chi connectivity index (χ0) is 17.5. The van der Waals surface area contributed by atoms with Crippen LogP contribution in [0.4, 0.5) is 5.69 Å². The molecule has 0 aliphatic carbocycles. The molecule has 5 heteroatoms. The third kappa shape index (κ3) is 4.41. The molecule has 1 aromatic heterocycles. The van der Waals surface area contributed by atoms with E-state index in [1.54, 1.807) is 6.07 Å². The Morgan fingerprint density at radius 1 is 1.08 bits per heavy atom. The third-order valence-electron chi connectivity index (χ3n) is 3.79. The van der Waals surface area contributed by atoms with E-state index in [9.17, 15) is 9.59 Å². The van der Waals surface area contributed by atoms with E-state index in [-0.39, 0.29) is 17.5 Å². The Labute approximate surface area is 142 Å². The highest BCUT2D eigenvalue weighted by atomic mass is 16.2. The number of aromatic nitrogens is 1. The largest absolute Gasteiger partial charge is 0.352 e. The molecule has 0 saturated heterocycles. The summed E-state index contributed by atoms with van der Waals surface area (Å²) in [5.41, 5.74) is 3.41. The topological polar surface area (TPSA) is 71.1 Å². The van der Waals surface area contributed by atoms with Crippen LogP contribution in [0.25, 0.3) is 0 Å². The van der Waals surface area contributed by atoms with Gasteiger partial charge in [0, 0.05) is 24.0 Å². The van der Waals surface area contributed by atoms with Crippen molar-refractivity contribution in [3.63, 3.8) is 0 Å². The molecule has 0 aliphatic rings. The number of anilines is 1. The van der Waals surface area contributed by atoms with Crippen LogP contribution in [0.15, 0.2) is 36.5 Å². The summed E-state index contributed by atoms with van der Waals surface area (Å²) in [7, 11) is 0. The Bertz CT molecular complexity index is 721. The van der Waals surface area contributed by atoms with Crippen LogP contribution in [-0.4, -0.2) is 23.3 Å². The van der Waals surface area contributed by atoms with Gasteiger partial charge in [0.25, 0.3) is 11.8 Å². The van der Waals surface area contributed by atoms with E-state index in [4.69, 9.17) is 0 Å². The maximum atomic E-state index is 12.4. The number of unbranched alkanes of at least 4 members (excludes halogenated alkanes) is 1. The van der Waals surface area contributed by atoms with E-state index in [0.717, 1.165) is 29.7 Å². The maximum absolute atomic E-state index is 12.4. The van der Waals surface area contributed by atoms with Gasteiger partial charge in [0.1, 0.15) is 5.69 Å². The Hall–Kier alpha value is -2.69. The van der Waals surface area contributed by atoms with Crippen molar-refractivity contribution < 1.29 is 9.59 Å². The molecule has 1 heterocycles. The van der Waals surface area contributed by atoms with E-state index in [2.05, 4.69) is 22.5 Å². The van der Waals surface area contributed by atoms with Gasteiger partial charge in [-0.15, -0.1) is 0 Å². The second kappa shape index (κ2) is 8.24. The number of aryl methyl sites for hydroxylation is 2. The smallest absolute Gasteiger partial charge is 0.274 e. The quantitative estimate of drug-likeness (QED) is 0.799. The van der Waals surface area contributed by atoms with Crippen molar-refractivity contribution in [3.8, 4) is 0 Å². The highest BCUT2D eigenvalue weighted by Gasteiger charge is 2.13. The van der Waals surface area contributed by atoms with E-state index < -0.39 is 0 Å². The van der Waals surface area contributed by atoms with Crippen LogP contribution in [-0.2, 0) is 0 Å². The lowest BCUT2D eigenvalue weighted by atomic mass is 10.1. The Kier molecular flexibility index (Phi) is 6.07. The SMILES string of the molecule is CCCCNC(=O)c1ccnc(C(=O)Nc2c(C)cccc2C)c1. The molecule has 0 fully saturated rings. The standard InChI is InChI=1S/C19H23N3O2/c1-4-5-10-21-18(23)15-9-11-20-16(12-15)19(24)22-17-13(2)7-6-8-14(17)3/h6-9,11-12H,4-5,10H2,1-3H3,(H,21,23)(H,22,24). The molecule has 5 nitrogen and oxygen atoms in total. The first-order valence-corrected chi connectivity index (χ1v) is 8.14. The second-order valence-corrected chi connectivity index (χ2v) is 5.76. The first-order valence-electron chi connectivity index (χ1n) is 8.14. The van der Waals surface area contributed by atoms with Gasteiger partial charge in [0.2, 0.25) is 0 Å². The van der Waals surface area contributed by atoms with E-state index in [1.165, 1.54) is 12.3 Å². The van der Waals surface area contributed by atoms with Gasteiger partial charge in [-0.1, -0.05) is 31.5 Å². The van der Waals surface area contributed by atoms with Crippen LogP contribution >= 0.6 is 0 Å². The molecular weight excluding hydrogens is 302 g/mol. The fourth-order valence-corrected chi connectivity index (χ4v) is 2.37. The Morgan fingerprint density at radius 2 is 1.79 bits per heavy atom. The van der Waals surface area contributed by atoms with Crippen molar-refractivity contribution in [1.29, 1.82) is 0 Å². The van der Waals surface area contributed by atoms with Gasteiger partial charge in [-0.3, -0.25) is 14.6 Å². The summed E-state index contributed by atoms with van der Waals surface area (Å²) < 4.78 is 0. The summed E-state index contributed by atoms with van der Waals surface area (Å²) in [5.74, 6) is -0.511. The minimum absolute atomic E-state index is 0.188. The number of amides is 2. The highest BCUT2D eigenvalue weighted by Crippen LogP contribution is 2.20. The molecule has 0 saturated carbocycles. The van der Waals surface area contributed by atoms with Crippen molar-refractivity contribution >= 4 is 17.5 Å². The first kappa shape index (κ1) is 17.7. The molecular formula is C19H23N3O2. The maximum Gasteiger partial charge on any atom is 0.274 e. The molecule has 0 aliphatic heterocycles. The van der Waals surface area contributed by atoms with Crippen molar-refractivity contribution in [1.82, 2.24) is 10.3 Å². The fourth-order valence-electron chi connectivity index (χ4n) is 2.37. The summed E-state index contributed by atoms with van der Waals surface area (Å²) in [6.07, 6.45) is 3.42. The van der Waals surface area contributed by atoms with E-state index in [0.29, 0.717) is 12.1 Å². The lowest BCUT2D eigenvalue weighted by molar-refractivity contribution is 0.0953. The summed E-state index contributed by atoms with van der Waals surface area (Å²) in [6, 6.07) is 8.95. The molecule has 2 N–H and O–H groups in total. The number of rotatable bonds is 6. The number of carbonyl (C=O) groups excluding carboxylic acids is 2. The van der Waals surface area contributed by atoms with Gasteiger partial charge < -0.3 is 10.6 Å². The van der Waals surface area contributed by atoms with Crippen molar-refractivity contribution in [2.75, 3.05) is 11.9 Å². The molecule has 2 amide bonds. The first-order chi connectivity index (χ1) is 11.5. The van der Waals surface area contributed by atoms with Crippen LogP contribution in [0.3, 0.4) is 0 Å². The molecule has 24 heavy (non-hydrogen) atoms. The van der Waals surface area contributed by atoms with E-state index in [1.807, 2.05) is 32.0 Å². The molecule has 0 radical (unpaired) electrons. The van der Waals surface area contributed by atoms with Crippen LogP contribution in [0.5, 0.6) is 0 Å². The average Bonchev–Trinajstić information content (AvgIpc) is 2.58. The van der Waals surface area contributed by atoms with Gasteiger partial charge in [0.05, 0.1) is 0 Å². The highest BCUT2D eigenvalue weighted by molar-refractivity contribution is 6.05.